The number of carbonyl (C=O) groups is 1. The second-order valence-corrected chi connectivity index (χ2v) is 4.81. The molecule has 2 fully saturated rings. The highest BCUT2D eigenvalue weighted by Crippen LogP contribution is 2.34. The topological polar surface area (TPSA) is 20.3 Å². The zero-order valence-electron chi connectivity index (χ0n) is 8.62. The van der Waals surface area contributed by atoms with Crippen molar-refractivity contribution in [3.8, 4) is 0 Å². The van der Waals surface area contributed by atoms with Gasteiger partial charge >= 0.3 is 0 Å². The van der Waals surface area contributed by atoms with Crippen molar-refractivity contribution >= 4 is 5.91 Å². The van der Waals surface area contributed by atoms with E-state index in [1.54, 1.807) is 0 Å². The van der Waals surface area contributed by atoms with Crippen molar-refractivity contribution in [3.63, 3.8) is 0 Å². The van der Waals surface area contributed by atoms with E-state index in [1.165, 1.54) is 12.8 Å². The van der Waals surface area contributed by atoms with Gasteiger partial charge in [0.15, 0.2) is 0 Å². The Morgan fingerprint density at radius 3 is 2.85 bits per heavy atom. The maximum atomic E-state index is 11.4. The van der Waals surface area contributed by atoms with Gasteiger partial charge in [-0.3, -0.25) is 4.79 Å². The van der Waals surface area contributed by atoms with E-state index in [2.05, 4.69) is 18.7 Å². The Balaban J connectivity index is 1.99. The van der Waals surface area contributed by atoms with E-state index in [9.17, 15) is 4.79 Å². The van der Waals surface area contributed by atoms with Crippen LogP contribution in [0.25, 0.3) is 0 Å². The Kier molecular flexibility index (Phi) is 2.31. The minimum atomic E-state index is 0.396. The summed E-state index contributed by atoms with van der Waals surface area (Å²) < 4.78 is 0. The summed E-state index contributed by atoms with van der Waals surface area (Å²) in [5.41, 5.74) is 0. The van der Waals surface area contributed by atoms with Gasteiger partial charge in [-0.2, -0.15) is 0 Å². The van der Waals surface area contributed by atoms with Gasteiger partial charge in [0, 0.05) is 19.0 Å². The summed E-state index contributed by atoms with van der Waals surface area (Å²) in [6.07, 6.45) is 4.39. The fraction of sp³-hybridized carbons (Fsp3) is 0.909. The van der Waals surface area contributed by atoms with E-state index in [4.69, 9.17) is 0 Å². The molecule has 2 atom stereocenters. The Hall–Kier alpha value is -0.530. The fourth-order valence-electron chi connectivity index (χ4n) is 2.72. The number of amides is 1. The van der Waals surface area contributed by atoms with Crippen LogP contribution in [0.1, 0.15) is 39.5 Å². The Morgan fingerprint density at radius 2 is 2.15 bits per heavy atom. The largest absolute Gasteiger partial charge is 0.340 e. The Bertz CT molecular complexity index is 212. The first kappa shape index (κ1) is 9.04. The first-order valence-corrected chi connectivity index (χ1v) is 5.48. The normalized spacial score (nSPS) is 34.1. The number of piperidine rings is 1. The lowest BCUT2D eigenvalue weighted by Gasteiger charge is -2.36. The molecular formula is C11H19NO. The van der Waals surface area contributed by atoms with Crippen LogP contribution in [-0.4, -0.2) is 23.4 Å². The lowest BCUT2D eigenvalue weighted by atomic mass is 9.83. The quantitative estimate of drug-likeness (QED) is 0.606. The molecule has 0 N–H and O–H groups in total. The average molecular weight is 181 g/mol. The molecule has 0 aromatic rings. The monoisotopic (exact) mass is 181 g/mol. The fourth-order valence-corrected chi connectivity index (χ4v) is 2.72. The van der Waals surface area contributed by atoms with Crippen molar-refractivity contribution in [1.29, 1.82) is 0 Å². The summed E-state index contributed by atoms with van der Waals surface area (Å²) in [7, 11) is 0. The minimum Gasteiger partial charge on any atom is -0.340 e. The highest BCUT2D eigenvalue weighted by molar-refractivity contribution is 5.78. The van der Waals surface area contributed by atoms with Crippen LogP contribution in [0.5, 0.6) is 0 Å². The standard InChI is InChI=1S/C11H19NO/c1-8(2)9-5-6-12-10(7-9)3-4-11(12)13/h8-10H,3-7H2,1-2H3. The lowest BCUT2D eigenvalue weighted by molar-refractivity contribution is -0.130. The molecule has 13 heavy (non-hydrogen) atoms. The van der Waals surface area contributed by atoms with Crippen LogP contribution in [0.15, 0.2) is 0 Å². The van der Waals surface area contributed by atoms with Crippen LogP contribution >= 0.6 is 0 Å². The molecular weight excluding hydrogens is 162 g/mol. The number of nitrogens with zero attached hydrogens (tertiary/aromatic N) is 1. The maximum absolute atomic E-state index is 11.4. The molecule has 74 valence electrons. The summed E-state index contributed by atoms with van der Waals surface area (Å²) >= 11 is 0. The highest BCUT2D eigenvalue weighted by atomic mass is 16.2. The van der Waals surface area contributed by atoms with Gasteiger partial charge in [-0.25, -0.2) is 0 Å². The van der Waals surface area contributed by atoms with E-state index >= 15 is 0 Å². The van der Waals surface area contributed by atoms with Gasteiger partial charge in [0.25, 0.3) is 0 Å². The first-order valence-electron chi connectivity index (χ1n) is 5.48. The van der Waals surface area contributed by atoms with Crippen molar-refractivity contribution in [1.82, 2.24) is 4.90 Å². The van der Waals surface area contributed by atoms with Gasteiger partial charge in [0.2, 0.25) is 5.91 Å². The molecule has 2 heterocycles. The predicted molar refractivity (Wildman–Crippen MR) is 52.3 cm³/mol. The van der Waals surface area contributed by atoms with E-state index < -0.39 is 0 Å². The van der Waals surface area contributed by atoms with Gasteiger partial charge in [-0.05, 0) is 31.1 Å². The van der Waals surface area contributed by atoms with Gasteiger partial charge in [0.1, 0.15) is 0 Å². The molecule has 0 bridgehead atoms. The SMILES string of the molecule is CC(C)C1CCN2C(=O)CCC2C1. The molecule has 0 saturated carbocycles. The molecule has 2 rings (SSSR count). The average Bonchev–Trinajstić information content (AvgIpc) is 2.47. The van der Waals surface area contributed by atoms with Gasteiger partial charge in [-0.15, -0.1) is 0 Å². The molecule has 2 aliphatic rings. The van der Waals surface area contributed by atoms with Gasteiger partial charge in [0.05, 0.1) is 0 Å². The van der Waals surface area contributed by atoms with E-state index in [-0.39, 0.29) is 0 Å². The number of carbonyl (C=O) groups excluding carboxylic acids is 1. The Morgan fingerprint density at radius 1 is 1.38 bits per heavy atom. The van der Waals surface area contributed by atoms with Crippen LogP contribution in [-0.2, 0) is 4.79 Å². The van der Waals surface area contributed by atoms with Gasteiger partial charge < -0.3 is 4.90 Å². The number of fused-ring (bicyclic) bond motifs is 1. The van der Waals surface area contributed by atoms with E-state index in [1.807, 2.05) is 0 Å². The predicted octanol–water partition coefficient (Wildman–Crippen LogP) is 2.04. The number of hydrogen-bond acceptors (Lipinski definition) is 1. The summed E-state index contributed by atoms with van der Waals surface area (Å²) in [6.45, 7) is 5.63. The Labute approximate surface area is 80.3 Å². The van der Waals surface area contributed by atoms with Crippen molar-refractivity contribution in [2.75, 3.05) is 6.54 Å². The van der Waals surface area contributed by atoms with Crippen LogP contribution in [0.2, 0.25) is 0 Å². The second kappa shape index (κ2) is 3.32. The smallest absolute Gasteiger partial charge is 0.222 e. The third-order valence-corrected chi connectivity index (χ3v) is 3.71. The summed E-state index contributed by atoms with van der Waals surface area (Å²) in [6, 6.07) is 0.591. The second-order valence-electron chi connectivity index (χ2n) is 4.81. The molecule has 2 unspecified atom stereocenters. The summed E-state index contributed by atoms with van der Waals surface area (Å²) in [5.74, 6) is 2.04. The molecule has 1 amide bonds. The van der Waals surface area contributed by atoms with E-state index in [0.717, 1.165) is 31.2 Å². The van der Waals surface area contributed by atoms with Crippen LogP contribution in [0.4, 0.5) is 0 Å². The molecule has 0 aliphatic carbocycles. The zero-order valence-corrected chi connectivity index (χ0v) is 8.62. The molecule has 0 aromatic heterocycles. The molecule has 0 spiro atoms. The minimum absolute atomic E-state index is 0.396. The first-order chi connectivity index (χ1) is 6.18. The maximum Gasteiger partial charge on any atom is 0.222 e. The van der Waals surface area contributed by atoms with E-state index in [0.29, 0.717) is 11.9 Å². The summed E-state index contributed by atoms with van der Waals surface area (Å²) in [4.78, 5) is 13.5. The summed E-state index contributed by atoms with van der Waals surface area (Å²) in [5, 5.41) is 0. The molecule has 2 aliphatic heterocycles. The van der Waals surface area contributed by atoms with Crippen molar-refractivity contribution in [3.05, 3.63) is 0 Å². The van der Waals surface area contributed by atoms with Crippen LogP contribution in [0, 0.1) is 11.8 Å². The van der Waals surface area contributed by atoms with Crippen molar-refractivity contribution < 1.29 is 4.79 Å². The van der Waals surface area contributed by atoms with Gasteiger partial charge in [-0.1, -0.05) is 13.8 Å². The van der Waals surface area contributed by atoms with Crippen molar-refractivity contribution in [2.24, 2.45) is 11.8 Å². The molecule has 2 heteroatoms. The zero-order chi connectivity index (χ0) is 9.42. The van der Waals surface area contributed by atoms with Crippen LogP contribution in [0.3, 0.4) is 0 Å². The van der Waals surface area contributed by atoms with Crippen molar-refractivity contribution in [2.45, 2.75) is 45.6 Å². The number of hydrogen-bond donors (Lipinski definition) is 0. The lowest BCUT2D eigenvalue weighted by Crippen LogP contribution is -2.41. The third-order valence-electron chi connectivity index (χ3n) is 3.71. The molecule has 0 aromatic carbocycles. The van der Waals surface area contributed by atoms with Crippen LogP contribution < -0.4 is 0 Å². The third kappa shape index (κ3) is 1.59. The number of rotatable bonds is 1. The molecule has 0 radical (unpaired) electrons. The highest BCUT2D eigenvalue weighted by Gasteiger charge is 2.36. The molecule has 2 nitrogen and oxygen atoms in total. The molecule has 2 saturated heterocycles.